The van der Waals surface area contributed by atoms with Crippen LogP contribution in [0.1, 0.15) is 53.4 Å². The second-order valence-corrected chi connectivity index (χ2v) is 16.4. The fourth-order valence-electron chi connectivity index (χ4n) is 7.73. The van der Waals surface area contributed by atoms with Gasteiger partial charge in [-0.15, -0.1) is 0 Å². The van der Waals surface area contributed by atoms with Crippen LogP contribution in [0.15, 0.2) is 134 Å². The first-order valence-corrected chi connectivity index (χ1v) is 20.9. The van der Waals surface area contributed by atoms with Gasteiger partial charge in [0.1, 0.15) is 11.6 Å². The van der Waals surface area contributed by atoms with Crippen molar-refractivity contribution in [3.05, 3.63) is 173 Å². The van der Waals surface area contributed by atoms with Gasteiger partial charge in [0.15, 0.2) is 0 Å². The quantitative estimate of drug-likeness (QED) is 0.0411. The number of hydrogen-bond acceptors (Lipinski definition) is 8. The molecule has 12 nitrogen and oxygen atoms in total. The molecule has 0 unspecified atom stereocenters. The normalized spacial score (nSPS) is 11.7. The van der Waals surface area contributed by atoms with Gasteiger partial charge in [-0.1, -0.05) is 92.7 Å². The molecule has 3 heterocycles. The van der Waals surface area contributed by atoms with Crippen molar-refractivity contribution >= 4 is 46.0 Å². The number of carbonyl (C=O) groups is 2. The van der Waals surface area contributed by atoms with Crippen LogP contribution in [0.4, 0.5) is 0 Å². The SMILES string of the molecule is CN(C)CC(C)(C)Cn1c(CCc2ccccc2)nc2cc(/C=C/C(=O)NO)ccc21.O=C(/C=C/c1ccc2c(c1)nc(CCc1ccccc1)n2CCc1ccccn1)NO. The minimum absolute atomic E-state index is 0.0798. The van der Waals surface area contributed by atoms with Crippen LogP contribution in [0.3, 0.4) is 0 Å². The average molecular weight is 833 g/mol. The molecular formula is C50H56N8O4. The van der Waals surface area contributed by atoms with E-state index in [0.717, 1.165) is 102 Å². The number of benzene rings is 4. The number of aromatic nitrogens is 5. The summed E-state index contributed by atoms with van der Waals surface area (Å²) in [5, 5.41) is 17.3. The molecule has 2 amide bonds. The third-order valence-corrected chi connectivity index (χ3v) is 10.4. The molecule has 4 aromatic carbocycles. The van der Waals surface area contributed by atoms with Gasteiger partial charge in [0.2, 0.25) is 0 Å². The number of imidazole rings is 2. The van der Waals surface area contributed by atoms with Gasteiger partial charge in [0.05, 0.1) is 22.1 Å². The summed E-state index contributed by atoms with van der Waals surface area (Å²) in [6, 6.07) is 38.8. The van der Waals surface area contributed by atoms with E-state index in [1.165, 1.54) is 23.3 Å². The molecule has 0 aliphatic rings. The van der Waals surface area contributed by atoms with Crippen molar-refractivity contribution in [3.63, 3.8) is 0 Å². The topological polar surface area (TPSA) is 150 Å². The maximum Gasteiger partial charge on any atom is 0.267 e. The van der Waals surface area contributed by atoms with Crippen molar-refractivity contribution < 1.29 is 20.0 Å². The molecule has 7 aromatic rings. The van der Waals surface area contributed by atoms with Gasteiger partial charge >= 0.3 is 0 Å². The molecule has 12 heteroatoms. The maximum absolute atomic E-state index is 11.3. The van der Waals surface area contributed by atoms with E-state index in [2.05, 4.69) is 102 Å². The molecule has 3 aromatic heterocycles. The summed E-state index contributed by atoms with van der Waals surface area (Å²) >= 11 is 0. The molecule has 7 rings (SSSR count). The van der Waals surface area contributed by atoms with Crippen LogP contribution >= 0.6 is 0 Å². The summed E-state index contributed by atoms with van der Waals surface area (Å²) in [7, 11) is 4.20. The molecule has 0 radical (unpaired) electrons. The lowest BCUT2D eigenvalue weighted by Gasteiger charge is -2.29. The van der Waals surface area contributed by atoms with E-state index in [1.54, 1.807) is 23.1 Å². The Morgan fingerprint density at radius 2 is 1.15 bits per heavy atom. The second kappa shape index (κ2) is 21.7. The van der Waals surface area contributed by atoms with Gasteiger partial charge in [0, 0.05) is 62.9 Å². The van der Waals surface area contributed by atoms with Crippen molar-refractivity contribution in [1.29, 1.82) is 0 Å². The smallest absolute Gasteiger partial charge is 0.267 e. The molecule has 0 aliphatic carbocycles. The lowest BCUT2D eigenvalue weighted by Crippen LogP contribution is -2.32. The van der Waals surface area contributed by atoms with Gasteiger partial charge in [0.25, 0.3) is 11.8 Å². The van der Waals surface area contributed by atoms with E-state index in [9.17, 15) is 9.59 Å². The largest absolute Gasteiger partial charge is 0.328 e. The highest BCUT2D eigenvalue weighted by Crippen LogP contribution is 2.27. The highest BCUT2D eigenvalue weighted by atomic mass is 16.5. The van der Waals surface area contributed by atoms with Crippen LogP contribution in [0.25, 0.3) is 34.2 Å². The molecule has 0 saturated heterocycles. The number of pyridine rings is 1. The first-order valence-electron chi connectivity index (χ1n) is 20.9. The van der Waals surface area contributed by atoms with Crippen LogP contribution in [0, 0.1) is 5.41 Å². The van der Waals surface area contributed by atoms with Crippen LogP contribution < -0.4 is 11.0 Å². The second-order valence-electron chi connectivity index (χ2n) is 16.4. The Morgan fingerprint density at radius 3 is 1.63 bits per heavy atom. The minimum Gasteiger partial charge on any atom is -0.328 e. The van der Waals surface area contributed by atoms with Crippen molar-refractivity contribution in [2.75, 3.05) is 20.6 Å². The number of aryl methyl sites for hydroxylation is 6. The number of fused-ring (bicyclic) bond motifs is 2. The molecule has 0 atom stereocenters. The summed E-state index contributed by atoms with van der Waals surface area (Å²) in [5.74, 6) is 0.980. The number of nitrogens with zero attached hydrogens (tertiary/aromatic N) is 6. The van der Waals surface area contributed by atoms with Crippen molar-refractivity contribution in [2.24, 2.45) is 5.41 Å². The average Bonchev–Trinajstić information content (AvgIpc) is 3.81. The highest BCUT2D eigenvalue weighted by molar-refractivity contribution is 5.92. The van der Waals surface area contributed by atoms with Gasteiger partial charge in [-0.25, -0.2) is 20.9 Å². The molecule has 0 fully saturated rings. The summed E-state index contributed by atoms with van der Waals surface area (Å²) < 4.78 is 4.61. The summed E-state index contributed by atoms with van der Waals surface area (Å²) in [5.41, 5.74) is 12.6. The first-order chi connectivity index (χ1) is 30.0. The van der Waals surface area contributed by atoms with Crippen LogP contribution in [-0.2, 0) is 54.8 Å². The Labute approximate surface area is 363 Å². The van der Waals surface area contributed by atoms with Gasteiger partial charge in [-0.3, -0.25) is 25.0 Å². The standard InChI is InChI=1S/C25H24N4O2.C25H32N4O2/c30-25(28-31)14-11-20-9-12-23-22(18-20)27-24(13-10-19-6-2-1-3-7-19)29(23)17-15-21-8-4-5-16-26-21;1-25(2,17-28(3)4)18-29-22-13-10-20(12-15-24(30)27-31)16-21(22)26-23(29)14-11-19-8-6-5-7-9-19/h1-9,11-12,14,16,18,31H,10,13,15,17H2,(H,28,30);5-10,12-13,15-16,31H,11,14,17-18H2,1-4H3,(H,27,30)/b14-11+;15-12+. The summed E-state index contributed by atoms with van der Waals surface area (Å²) in [6.45, 7) is 7.20. The van der Waals surface area contributed by atoms with E-state index in [-0.39, 0.29) is 5.41 Å². The summed E-state index contributed by atoms with van der Waals surface area (Å²) in [4.78, 5) is 39.1. The van der Waals surface area contributed by atoms with Crippen LogP contribution in [0.2, 0.25) is 0 Å². The molecule has 0 bridgehead atoms. The molecule has 4 N–H and O–H groups in total. The highest BCUT2D eigenvalue weighted by Gasteiger charge is 2.23. The van der Waals surface area contributed by atoms with E-state index < -0.39 is 11.8 Å². The predicted molar refractivity (Wildman–Crippen MR) is 245 cm³/mol. The molecular weight excluding hydrogens is 777 g/mol. The predicted octanol–water partition coefficient (Wildman–Crippen LogP) is 7.91. The van der Waals surface area contributed by atoms with Crippen LogP contribution in [0.5, 0.6) is 0 Å². The number of carbonyl (C=O) groups excluding carboxylic acids is 2. The molecule has 320 valence electrons. The fourth-order valence-corrected chi connectivity index (χ4v) is 7.73. The van der Waals surface area contributed by atoms with Crippen molar-refractivity contribution in [3.8, 4) is 0 Å². The van der Waals surface area contributed by atoms with E-state index >= 15 is 0 Å². The first kappa shape index (κ1) is 44.8. The Balaban J connectivity index is 0.000000207. The lowest BCUT2D eigenvalue weighted by molar-refractivity contribution is -0.124. The zero-order valence-electron chi connectivity index (χ0n) is 35.9. The maximum atomic E-state index is 11.3. The van der Waals surface area contributed by atoms with Crippen LogP contribution in [-0.4, -0.2) is 71.9 Å². The number of hydroxylamine groups is 2. The van der Waals surface area contributed by atoms with Gasteiger partial charge < -0.3 is 14.0 Å². The van der Waals surface area contributed by atoms with Gasteiger partial charge in [-0.05, 0) is 103 Å². The molecule has 0 spiro atoms. The lowest BCUT2D eigenvalue weighted by atomic mass is 9.92. The number of nitrogens with one attached hydrogen (secondary N) is 2. The Bertz CT molecular complexity index is 2600. The van der Waals surface area contributed by atoms with E-state index in [4.69, 9.17) is 20.4 Å². The van der Waals surface area contributed by atoms with Gasteiger partial charge in [-0.2, -0.15) is 0 Å². The Hall–Kier alpha value is -6.73. The summed E-state index contributed by atoms with van der Waals surface area (Å²) in [6.07, 6.45) is 12.1. The molecule has 62 heavy (non-hydrogen) atoms. The van der Waals surface area contributed by atoms with E-state index in [1.807, 2.05) is 66.9 Å². The minimum atomic E-state index is -0.565. The zero-order chi connectivity index (χ0) is 43.9. The number of rotatable bonds is 17. The molecule has 0 saturated carbocycles. The number of amides is 2. The zero-order valence-corrected chi connectivity index (χ0v) is 35.9. The Kier molecular flexibility index (Phi) is 15.7. The third-order valence-electron chi connectivity index (χ3n) is 10.4. The number of hydrogen-bond donors (Lipinski definition) is 4. The fraction of sp³-hybridized carbons (Fsp3) is 0.260. The van der Waals surface area contributed by atoms with E-state index in [0.29, 0.717) is 0 Å². The monoisotopic (exact) mass is 832 g/mol. The molecule has 0 aliphatic heterocycles. The third kappa shape index (κ3) is 12.9. The Morgan fingerprint density at radius 1 is 0.645 bits per heavy atom. The van der Waals surface area contributed by atoms with Crippen molar-refractivity contribution in [2.45, 2.75) is 59.0 Å². The van der Waals surface area contributed by atoms with Crippen molar-refractivity contribution in [1.82, 2.24) is 39.9 Å².